The Balaban J connectivity index is 1.87. The van der Waals surface area contributed by atoms with Gasteiger partial charge in [-0.15, -0.1) is 15.0 Å². The van der Waals surface area contributed by atoms with Crippen molar-refractivity contribution in [2.75, 3.05) is 6.54 Å². The molecule has 204 valence electrons. The second-order valence-electron chi connectivity index (χ2n) is 12.7. The molecule has 2 aromatic carbocycles. The molecule has 0 spiro atoms. The van der Waals surface area contributed by atoms with Crippen LogP contribution in [0, 0.1) is 4.91 Å². The van der Waals surface area contributed by atoms with Crippen LogP contribution in [0.3, 0.4) is 0 Å². The van der Waals surface area contributed by atoms with E-state index in [1.54, 1.807) is 0 Å². The number of carbonyl (C=O) groups is 1. The van der Waals surface area contributed by atoms with Crippen LogP contribution >= 0.6 is 0 Å². The second-order valence-corrected chi connectivity index (χ2v) is 12.7. The predicted molar refractivity (Wildman–Crippen MR) is 147 cm³/mol. The third kappa shape index (κ3) is 5.57. The largest absolute Gasteiger partial charge is 0.505 e. The van der Waals surface area contributed by atoms with Crippen molar-refractivity contribution in [1.82, 2.24) is 20.3 Å². The summed E-state index contributed by atoms with van der Waals surface area (Å²) in [5.41, 5.74) is 2.96. The number of aromatic nitrogens is 3. The number of hydrogen-bond acceptors (Lipinski definition) is 6. The average Bonchev–Trinajstić information content (AvgIpc) is 3.19. The van der Waals surface area contributed by atoms with Crippen LogP contribution in [0.4, 0.5) is 0 Å². The quantitative estimate of drug-likeness (QED) is 0.385. The fourth-order valence-corrected chi connectivity index (χ4v) is 5.88. The Morgan fingerprint density at radius 1 is 1.13 bits per heavy atom. The smallest absolute Gasteiger partial charge is 0.303 e. The maximum atomic E-state index is 13.2. The number of aliphatic carboxylic acids is 1. The number of carboxylic acids is 1. The van der Waals surface area contributed by atoms with Gasteiger partial charge in [0.2, 0.25) is 12.6 Å². The van der Waals surface area contributed by atoms with Crippen molar-refractivity contribution >= 4 is 17.0 Å². The van der Waals surface area contributed by atoms with Gasteiger partial charge in [0.25, 0.3) is 0 Å². The molecule has 3 aromatic rings. The number of piperazine rings is 1. The van der Waals surface area contributed by atoms with E-state index in [2.05, 4.69) is 15.5 Å². The fourth-order valence-electron chi connectivity index (χ4n) is 5.88. The molecule has 9 heteroatoms. The number of fused-ring (bicyclic) bond motifs is 1. The molecular weight excluding hydrogens is 482 g/mol. The summed E-state index contributed by atoms with van der Waals surface area (Å²) < 4.78 is 1.16. The highest BCUT2D eigenvalue weighted by Gasteiger charge is 2.50. The van der Waals surface area contributed by atoms with E-state index in [9.17, 15) is 19.9 Å². The molecule has 3 N–H and O–H groups in total. The number of aryl methyl sites for hydroxylation is 1. The lowest BCUT2D eigenvalue weighted by molar-refractivity contribution is -0.616. The number of rotatable bonds is 7. The van der Waals surface area contributed by atoms with Crippen molar-refractivity contribution in [3.05, 3.63) is 51.9 Å². The number of benzene rings is 2. The van der Waals surface area contributed by atoms with Crippen LogP contribution in [0.5, 0.6) is 5.75 Å². The minimum Gasteiger partial charge on any atom is -0.505 e. The molecule has 0 saturated carbocycles. The molecule has 0 radical (unpaired) electrons. The van der Waals surface area contributed by atoms with E-state index in [0.29, 0.717) is 48.1 Å². The zero-order valence-corrected chi connectivity index (χ0v) is 23.5. The summed E-state index contributed by atoms with van der Waals surface area (Å²) >= 11 is 0. The first-order chi connectivity index (χ1) is 17.6. The van der Waals surface area contributed by atoms with Crippen LogP contribution in [0.15, 0.2) is 30.3 Å². The molecular formula is C29H40N5O4+. The molecule has 1 saturated heterocycles. The van der Waals surface area contributed by atoms with E-state index in [1.165, 1.54) is 4.80 Å². The molecule has 4 rings (SSSR count). The van der Waals surface area contributed by atoms with Gasteiger partial charge in [0.05, 0.1) is 11.1 Å². The molecule has 1 aliphatic rings. The second kappa shape index (κ2) is 9.76. The minimum atomic E-state index is -0.892. The molecule has 1 atom stereocenters. The van der Waals surface area contributed by atoms with Crippen LogP contribution in [-0.4, -0.2) is 59.6 Å². The molecule has 1 fully saturated rings. The summed E-state index contributed by atoms with van der Waals surface area (Å²) in [6, 6.07) is 9.10. The highest BCUT2D eigenvalue weighted by molar-refractivity contribution is 5.74. The van der Waals surface area contributed by atoms with Crippen molar-refractivity contribution < 1.29 is 19.8 Å². The Labute approximate surface area is 223 Å². The maximum Gasteiger partial charge on any atom is 0.303 e. The summed E-state index contributed by atoms with van der Waals surface area (Å²) in [6.07, 6.45) is 1.22. The Bertz CT molecular complexity index is 1350. The molecule has 38 heavy (non-hydrogen) atoms. The van der Waals surface area contributed by atoms with Gasteiger partial charge in [-0.3, -0.25) is 10.1 Å². The molecule has 1 aromatic heterocycles. The van der Waals surface area contributed by atoms with Crippen molar-refractivity contribution in [3.63, 3.8) is 0 Å². The maximum absolute atomic E-state index is 13.2. The summed E-state index contributed by atoms with van der Waals surface area (Å²) in [6.45, 7) is 14.5. The van der Waals surface area contributed by atoms with Gasteiger partial charge >= 0.3 is 5.97 Å². The standard InChI is InChI=1S/C29H39N5O4/c1-27(2,3)20-16-18(12-15-24(35)36)19(13-14-23-29(6,7)32-28(4,5)17-33(23)38)25(26(20)37)34-30-21-10-8-9-11-22(21)31-34/h8-11,16,23,32H,12-15,17H2,1-7H3,(H-,35,36,37)/p+1. The van der Waals surface area contributed by atoms with Gasteiger partial charge in [-0.25, -0.2) is 0 Å². The summed E-state index contributed by atoms with van der Waals surface area (Å²) in [5, 5.41) is 34.1. The lowest BCUT2D eigenvalue weighted by atomic mass is 9.80. The van der Waals surface area contributed by atoms with Crippen molar-refractivity contribution in [2.24, 2.45) is 0 Å². The number of nitrogens with zero attached hydrogens (tertiary/aromatic N) is 4. The molecule has 0 amide bonds. The zero-order chi connectivity index (χ0) is 28.0. The minimum absolute atomic E-state index is 0.0480. The highest BCUT2D eigenvalue weighted by atomic mass is 16.4. The molecule has 0 aliphatic carbocycles. The Morgan fingerprint density at radius 2 is 1.74 bits per heavy atom. The topological polar surface area (TPSA) is 120 Å². The van der Waals surface area contributed by atoms with E-state index < -0.39 is 16.9 Å². The lowest BCUT2D eigenvalue weighted by Crippen LogP contribution is -2.68. The zero-order valence-electron chi connectivity index (χ0n) is 23.5. The lowest BCUT2D eigenvalue weighted by Gasteiger charge is -2.41. The highest BCUT2D eigenvalue weighted by Crippen LogP contribution is 2.40. The monoisotopic (exact) mass is 522 g/mol. The summed E-state index contributed by atoms with van der Waals surface area (Å²) in [7, 11) is 0. The normalized spacial score (nSPS) is 19.1. The van der Waals surface area contributed by atoms with E-state index in [0.717, 1.165) is 15.9 Å². The van der Waals surface area contributed by atoms with E-state index in [1.807, 2.05) is 78.8 Å². The number of phenolic OH excluding ortho intramolecular Hbond substituents is 1. The average molecular weight is 523 g/mol. The van der Waals surface area contributed by atoms with Gasteiger partial charge in [0.15, 0.2) is 0 Å². The Morgan fingerprint density at radius 3 is 2.26 bits per heavy atom. The molecule has 1 unspecified atom stereocenters. The summed E-state index contributed by atoms with van der Waals surface area (Å²) in [4.78, 5) is 26.2. The van der Waals surface area contributed by atoms with Crippen LogP contribution in [0.25, 0.3) is 16.7 Å². The number of hydrogen-bond donors (Lipinski definition) is 3. The van der Waals surface area contributed by atoms with Gasteiger partial charge in [-0.2, -0.15) is 0 Å². The first kappa shape index (κ1) is 27.7. The molecule has 0 bridgehead atoms. The number of carboxylic acid groups (broad SMARTS) is 1. The fraction of sp³-hybridized carbons (Fsp3) is 0.552. The molecule has 1 aliphatic heterocycles. The van der Waals surface area contributed by atoms with E-state index >= 15 is 0 Å². The van der Waals surface area contributed by atoms with Gasteiger partial charge in [0.1, 0.15) is 22.5 Å². The van der Waals surface area contributed by atoms with E-state index in [4.69, 9.17) is 0 Å². The Kier molecular flexibility index (Phi) is 7.12. The first-order valence-electron chi connectivity index (χ1n) is 13.2. The van der Waals surface area contributed by atoms with Crippen LogP contribution < -0.4 is 5.32 Å². The number of phenols is 1. The third-order valence-corrected chi connectivity index (χ3v) is 7.43. The summed E-state index contributed by atoms with van der Waals surface area (Å²) in [5.74, 6) is -0.815. The predicted octanol–water partition coefficient (Wildman–Crippen LogP) is 4.68. The van der Waals surface area contributed by atoms with Crippen molar-refractivity contribution in [2.45, 2.75) is 96.7 Å². The first-order valence-corrected chi connectivity index (χ1v) is 13.2. The Hall–Kier alpha value is -3.33. The van der Waals surface area contributed by atoms with Crippen LogP contribution in [0.1, 0.15) is 78.0 Å². The number of nitrogens with one attached hydrogen (secondary N) is 1. The molecule has 9 nitrogen and oxygen atoms in total. The molecule has 2 heterocycles. The SMILES string of the molecule is CC1(C)C[N+](=O)C(CCc2c(CCC(=O)O)cc(C(C)(C)C)c(O)c2-n2nc3ccccc3n2)C(C)(C)N1. The van der Waals surface area contributed by atoms with Crippen molar-refractivity contribution in [1.29, 1.82) is 0 Å². The van der Waals surface area contributed by atoms with Crippen molar-refractivity contribution in [3.8, 4) is 11.4 Å². The van der Waals surface area contributed by atoms with Crippen LogP contribution in [0.2, 0.25) is 0 Å². The third-order valence-electron chi connectivity index (χ3n) is 7.43. The van der Waals surface area contributed by atoms with Gasteiger partial charge in [-0.05, 0) is 69.2 Å². The van der Waals surface area contributed by atoms with Gasteiger partial charge in [0, 0.05) is 28.1 Å². The number of aromatic hydroxyl groups is 1. The number of nitroso groups, excluding NO2 is 1. The van der Waals surface area contributed by atoms with Gasteiger partial charge in [-0.1, -0.05) is 39.0 Å². The van der Waals surface area contributed by atoms with Gasteiger partial charge < -0.3 is 10.2 Å². The van der Waals surface area contributed by atoms with E-state index in [-0.39, 0.29) is 23.8 Å². The van der Waals surface area contributed by atoms with Crippen LogP contribution in [-0.2, 0) is 23.1 Å².